The molecule has 8 heteroatoms. The minimum atomic E-state index is -1.91. The van der Waals surface area contributed by atoms with Crippen molar-refractivity contribution in [1.82, 2.24) is 10.2 Å². The molecule has 3 N–H and O–H groups in total. The second-order valence-corrected chi connectivity index (χ2v) is 8.71. The van der Waals surface area contributed by atoms with Crippen LogP contribution in [0.5, 0.6) is 5.75 Å². The van der Waals surface area contributed by atoms with Crippen LogP contribution >= 0.6 is 0 Å². The van der Waals surface area contributed by atoms with Crippen molar-refractivity contribution in [2.75, 3.05) is 11.9 Å². The Morgan fingerprint density at radius 3 is 2.86 bits per heavy atom. The fraction of sp³-hybridized carbons (Fsp3) is 0.476. The third-order valence-corrected chi connectivity index (χ3v) is 6.24. The zero-order valence-electron chi connectivity index (χ0n) is 16.3. The fourth-order valence-electron chi connectivity index (χ4n) is 4.74. The molecule has 0 bridgehead atoms. The highest BCUT2D eigenvalue weighted by Crippen LogP contribution is 2.46. The number of aliphatic hydroxyl groups is 1. The number of carbonyl (C=O) groups excluding carboxylic acids is 3. The molecule has 1 aromatic rings. The summed E-state index contributed by atoms with van der Waals surface area (Å²) in [5, 5.41) is 16.8. The molecule has 3 amide bonds. The number of hydrogen-bond donors (Lipinski definition) is 3. The number of piperazine rings is 1. The molecule has 3 unspecified atom stereocenters. The van der Waals surface area contributed by atoms with Crippen LogP contribution in [0.1, 0.15) is 44.2 Å². The number of rotatable bonds is 2. The molecule has 2 fully saturated rings. The van der Waals surface area contributed by atoms with Crippen molar-refractivity contribution in [1.29, 1.82) is 0 Å². The predicted molar refractivity (Wildman–Crippen MR) is 104 cm³/mol. The van der Waals surface area contributed by atoms with Crippen molar-refractivity contribution in [2.24, 2.45) is 0 Å². The van der Waals surface area contributed by atoms with E-state index in [0.717, 1.165) is 6.42 Å². The molecule has 1 aromatic carbocycles. The summed E-state index contributed by atoms with van der Waals surface area (Å²) in [6.07, 6.45) is 4.96. The fourth-order valence-corrected chi connectivity index (χ4v) is 4.74. The first-order valence-electron chi connectivity index (χ1n) is 9.90. The first-order valence-corrected chi connectivity index (χ1v) is 9.90. The molecule has 152 valence electrons. The molecule has 0 aromatic heterocycles. The molecule has 0 spiro atoms. The van der Waals surface area contributed by atoms with E-state index in [0.29, 0.717) is 35.5 Å². The first-order chi connectivity index (χ1) is 13.7. The van der Waals surface area contributed by atoms with Gasteiger partial charge in [0.1, 0.15) is 23.4 Å². The highest BCUT2D eigenvalue weighted by Gasteiger charge is 2.52. The molecule has 0 saturated carbocycles. The average molecular weight is 397 g/mol. The summed E-state index contributed by atoms with van der Waals surface area (Å²) >= 11 is 0. The molecule has 29 heavy (non-hydrogen) atoms. The summed E-state index contributed by atoms with van der Waals surface area (Å²) in [7, 11) is 0. The number of carbonyl (C=O) groups is 3. The van der Waals surface area contributed by atoms with Crippen LogP contribution in [0.4, 0.5) is 5.69 Å². The Bertz CT molecular complexity index is 985. The van der Waals surface area contributed by atoms with E-state index in [9.17, 15) is 19.5 Å². The van der Waals surface area contributed by atoms with E-state index in [2.05, 4.69) is 10.6 Å². The van der Waals surface area contributed by atoms with Crippen molar-refractivity contribution in [2.45, 2.75) is 56.4 Å². The van der Waals surface area contributed by atoms with Gasteiger partial charge in [-0.1, -0.05) is 0 Å². The van der Waals surface area contributed by atoms with Gasteiger partial charge in [-0.3, -0.25) is 14.4 Å². The SMILES string of the molecule is CC1(C)C=Cc2c(ccc3c2NC(=O)C3(O)CC2NC(=O)C3CCCN3C2=O)O1. The number of anilines is 1. The predicted octanol–water partition coefficient (Wildman–Crippen LogP) is 0.890. The quantitative estimate of drug-likeness (QED) is 0.687. The van der Waals surface area contributed by atoms with Gasteiger partial charge in [0.15, 0.2) is 5.60 Å². The van der Waals surface area contributed by atoms with Crippen LogP contribution in [0.2, 0.25) is 0 Å². The largest absolute Gasteiger partial charge is 0.483 e. The summed E-state index contributed by atoms with van der Waals surface area (Å²) in [4.78, 5) is 39.6. The summed E-state index contributed by atoms with van der Waals surface area (Å²) in [6, 6.07) is 1.99. The number of hydrogen-bond acceptors (Lipinski definition) is 5. The zero-order chi connectivity index (χ0) is 20.6. The maximum absolute atomic E-state index is 12.8. The van der Waals surface area contributed by atoms with Crippen molar-refractivity contribution >= 4 is 29.5 Å². The molecular formula is C21H23N3O5. The summed E-state index contributed by atoms with van der Waals surface area (Å²) in [5.41, 5.74) is -0.823. The Labute approximate surface area is 167 Å². The molecule has 3 atom stereocenters. The molecule has 4 heterocycles. The second kappa shape index (κ2) is 5.82. The van der Waals surface area contributed by atoms with Gasteiger partial charge >= 0.3 is 0 Å². The maximum atomic E-state index is 12.8. The number of amides is 3. The third-order valence-electron chi connectivity index (χ3n) is 6.24. The van der Waals surface area contributed by atoms with Crippen LogP contribution in [0, 0.1) is 0 Å². The van der Waals surface area contributed by atoms with Crippen molar-refractivity contribution in [3.05, 3.63) is 29.3 Å². The molecule has 2 saturated heterocycles. The lowest BCUT2D eigenvalue weighted by Crippen LogP contribution is -2.62. The minimum absolute atomic E-state index is 0.214. The smallest absolute Gasteiger partial charge is 0.261 e. The molecular weight excluding hydrogens is 374 g/mol. The lowest BCUT2D eigenvalue weighted by molar-refractivity contribution is -0.151. The third kappa shape index (κ3) is 2.58. The van der Waals surface area contributed by atoms with E-state index in [-0.39, 0.29) is 18.2 Å². The normalized spacial score (nSPS) is 31.6. The van der Waals surface area contributed by atoms with Gasteiger partial charge in [-0.05, 0) is 51.0 Å². The lowest BCUT2D eigenvalue weighted by Gasteiger charge is -2.37. The number of benzene rings is 1. The van der Waals surface area contributed by atoms with Gasteiger partial charge in [-0.2, -0.15) is 0 Å². The topological polar surface area (TPSA) is 108 Å². The molecule has 5 rings (SSSR count). The molecule has 4 aliphatic heterocycles. The Morgan fingerprint density at radius 2 is 2.07 bits per heavy atom. The van der Waals surface area contributed by atoms with Crippen LogP contribution in [0.15, 0.2) is 18.2 Å². The van der Waals surface area contributed by atoms with Gasteiger partial charge in [0.05, 0.1) is 5.69 Å². The highest BCUT2D eigenvalue weighted by atomic mass is 16.5. The van der Waals surface area contributed by atoms with Gasteiger partial charge in [0.2, 0.25) is 11.8 Å². The van der Waals surface area contributed by atoms with Crippen LogP contribution < -0.4 is 15.4 Å². The van der Waals surface area contributed by atoms with Crippen molar-refractivity contribution < 1.29 is 24.2 Å². The van der Waals surface area contributed by atoms with Crippen LogP contribution in [0.25, 0.3) is 6.08 Å². The van der Waals surface area contributed by atoms with Gasteiger partial charge in [-0.25, -0.2) is 0 Å². The molecule has 8 nitrogen and oxygen atoms in total. The van der Waals surface area contributed by atoms with Crippen LogP contribution in [-0.4, -0.2) is 52.0 Å². The molecule has 0 radical (unpaired) electrons. The lowest BCUT2D eigenvalue weighted by atomic mass is 9.85. The Hall–Kier alpha value is -2.87. The minimum Gasteiger partial charge on any atom is -0.483 e. The standard InChI is InChI=1S/C21H23N3O5/c1-20(2)8-7-11-15(29-20)6-5-12-16(11)23-19(27)21(12,28)10-13-18(26)24-9-3-4-14(24)17(25)22-13/h5-8,13-14,28H,3-4,9-10H2,1-2H3,(H,22,25)(H,23,27). The van der Waals surface area contributed by atoms with Crippen molar-refractivity contribution in [3.63, 3.8) is 0 Å². The molecule has 0 aliphatic carbocycles. The Morgan fingerprint density at radius 1 is 1.28 bits per heavy atom. The number of ether oxygens (including phenoxy) is 1. The summed E-state index contributed by atoms with van der Waals surface area (Å²) < 4.78 is 5.94. The first kappa shape index (κ1) is 18.2. The maximum Gasteiger partial charge on any atom is 0.261 e. The second-order valence-electron chi connectivity index (χ2n) is 8.71. The van der Waals surface area contributed by atoms with Gasteiger partial charge in [0.25, 0.3) is 5.91 Å². The Kier molecular flexibility index (Phi) is 3.65. The van der Waals surface area contributed by atoms with Crippen LogP contribution in [-0.2, 0) is 20.0 Å². The summed E-state index contributed by atoms with van der Waals surface area (Å²) in [5.74, 6) is -0.462. The van der Waals surface area contributed by atoms with E-state index in [1.54, 1.807) is 17.0 Å². The van der Waals surface area contributed by atoms with E-state index in [4.69, 9.17) is 4.74 Å². The monoisotopic (exact) mass is 397 g/mol. The van der Waals surface area contributed by atoms with Gasteiger partial charge in [0, 0.05) is 24.1 Å². The van der Waals surface area contributed by atoms with E-state index in [1.165, 1.54) is 0 Å². The number of nitrogens with one attached hydrogen (secondary N) is 2. The number of nitrogens with zero attached hydrogens (tertiary/aromatic N) is 1. The Balaban J connectivity index is 1.49. The van der Waals surface area contributed by atoms with E-state index < -0.39 is 29.2 Å². The van der Waals surface area contributed by atoms with E-state index >= 15 is 0 Å². The average Bonchev–Trinajstić information content (AvgIpc) is 3.23. The summed E-state index contributed by atoms with van der Waals surface area (Å²) in [6.45, 7) is 4.38. The van der Waals surface area contributed by atoms with Gasteiger partial charge in [-0.15, -0.1) is 0 Å². The van der Waals surface area contributed by atoms with Crippen LogP contribution in [0.3, 0.4) is 0 Å². The molecule has 4 aliphatic rings. The van der Waals surface area contributed by atoms with E-state index in [1.807, 2.05) is 26.0 Å². The zero-order valence-corrected chi connectivity index (χ0v) is 16.3. The number of fused-ring (bicyclic) bond motifs is 4. The van der Waals surface area contributed by atoms with Crippen molar-refractivity contribution in [3.8, 4) is 5.75 Å². The highest BCUT2D eigenvalue weighted by molar-refractivity contribution is 6.08. The van der Waals surface area contributed by atoms with Gasteiger partial charge < -0.3 is 25.4 Å².